The van der Waals surface area contributed by atoms with E-state index < -0.39 is 0 Å². The number of esters is 1. The molecule has 2 aromatic carbocycles. The van der Waals surface area contributed by atoms with Gasteiger partial charge in [-0.25, -0.2) is 4.98 Å². The molecule has 0 saturated carbocycles. The molecule has 1 aromatic heterocycles. The topological polar surface area (TPSA) is 81.6 Å². The van der Waals surface area contributed by atoms with Crippen molar-refractivity contribution in [2.24, 2.45) is 5.92 Å². The van der Waals surface area contributed by atoms with Gasteiger partial charge in [0.25, 0.3) is 5.91 Å². The fourth-order valence-corrected chi connectivity index (χ4v) is 4.08. The van der Waals surface area contributed by atoms with Gasteiger partial charge in [-0.3, -0.25) is 9.59 Å². The molecule has 3 aromatic rings. The van der Waals surface area contributed by atoms with E-state index in [4.69, 9.17) is 9.47 Å². The number of benzene rings is 2. The smallest absolute Gasteiger partial charge is 0.309 e. The lowest BCUT2D eigenvalue weighted by atomic mass is 9.96. The summed E-state index contributed by atoms with van der Waals surface area (Å²) in [6, 6.07) is 15.4. The van der Waals surface area contributed by atoms with E-state index in [1.165, 1.54) is 6.20 Å². The van der Waals surface area contributed by atoms with Crippen LogP contribution in [0, 0.1) is 19.8 Å². The SMILES string of the molecule is CCOC(=O)C1CCN(C(=O)c2cnc(-c3ccccc3)nc2Oc2ccc(C)cc2C)CC1. The number of nitrogens with zero attached hydrogens (tertiary/aromatic N) is 3. The molecule has 0 aliphatic carbocycles. The normalized spacial score (nSPS) is 14.0. The third-order valence-corrected chi connectivity index (χ3v) is 5.96. The quantitative estimate of drug-likeness (QED) is 0.484. The van der Waals surface area contributed by atoms with Crippen molar-refractivity contribution in [3.8, 4) is 23.0 Å². The Labute approximate surface area is 199 Å². The lowest BCUT2D eigenvalue weighted by Gasteiger charge is -2.31. The number of hydrogen-bond acceptors (Lipinski definition) is 6. The summed E-state index contributed by atoms with van der Waals surface area (Å²) in [5.41, 5.74) is 3.21. The molecular weight excluding hydrogens is 430 g/mol. The highest BCUT2D eigenvalue weighted by atomic mass is 16.5. The van der Waals surface area contributed by atoms with Crippen molar-refractivity contribution in [1.82, 2.24) is 14.9 Å². The molecule has 7 nitrogen and oxygen atoms in total. The molecular formula is C27H29N3O4. The van der Waals surface area contributed by atoms with Crippen molar-refractivity contribution in [3.63, 3.8) is 0 Å². The lowest BCUT2D eigenvalue weighted by molar-refractivity contribution is -0.149. The van der Waals surface area contributed by atoms with Gasteiger partial charge in [0.15, 0.2) is 5.82 Å². The monoisotopic (exact) mass is 459 g/mol. The molecule has 2 heterocycles. The Balaban J connectivity index is 1.62. The number of aryl methyl sites for hydroxylation is 2. The van der Waals surface area contributed by atoms with Crippen LogP contribution in [0.1, 0.15) is 41.3 Å². The Bertz CT molecular complexity index is 1170. The first kappa shape index (κ1) is 23.4. The van der Waals surface area contributed by atoms with Crippen LogP contribution >= 0.6 is 0 Å². The van der Waals surface area contributed by atoms with Gasteiger partial charge in [0.05, 0.1) is 12.5 Å². The summed E-state index contributed by atoms with van der Waals surface area (Å²) in [6.45, 7) is 7.07. The maximum atomic E-state index is 13.4. The van der Waals surface area contributed by atoms with Crippen molar-refractivity contribution in [3.05, 3.63) is 71.4 Å². The van der Waals surface area contributed by atoms with E-state index in [0.717, 1.165) is 16.7 Å². The summed E-state index contributed by atoms with van der Waals surface area (Å²) in [6.07, 6.45) is 2.68. The van der Waals surface area contributed by atoms with Crippen molar-refractivity contribution in [1.29, 1.82) is 0 Å². The number of amides is 1. The fourth-order valence-electron chi connectivity index (χ4n) is 4.08. The molecule has 0 atom stereocenters. The Morgan fingerprint density at radius 2 is 1.79 bits per heavy atom. The van der Waals surface area contributed by atoms with E-state index >= 15 is 0 Å². The average molecular weight is 460 g/mol. The summed E-state index contributed by atoms with van der Waals surface area (Å²) in [4.78, 5) is 36.3. The Hall–Kier alpha value is -3.74. The molecule has 1 aliphatic rings. The van der Waals surface area contributed by atoms with Crippen LogP contribution in [0.15, 0.2) is 54.7 Å². The largest absolute Gasteiger partial charge is 0.466 e. The zero-order valence-electron chi connectivity index (χ0n) is 19.8. The van der Waals surface area contributed by atoms with Crippen LogP contribution in [0.25, 0.3) is 11.4 Å². The molecule has 0 radical (unpaired) electrons. The van der Waals surface area contributed by atoms with Crippen molar-refractivity contribution >= 4 is 11.9 Å². The first-order valence-corrected chi connectivity index (χ1v) is 11.6. The van der Waals surface area contributed by atoms with Gasteiger partial charge in [-0.2, -0.15) is 4.98 Å². The highest BCUT2D eigenvalue weighted by Gasteiger charge is 2.30. The van der Waals surface area contributed by atoms with Crippen LogP contribution in [0.3, 0.4) is 0 Å². The predicted molar refractivity (Wildman–Crippen MR) is 129 cm³/mol. The number of hydrogen-bond donors (Lipinski definition) is 0. The molecule has 4 rings (SSSR count). The van der Waals surface area contributed by atoms with Crippen molar-refractivity contribution in [2.75, 3.05) is 19.7 Å². The van der Waals surface area contributed by atoms with Crippen LogP contribution < -0.4 is 4.74 Å². The average Bonchev–Trinajstić information content (AvgIpc) is 2.86. The van der Waals surface area contributed by atoms with Gasteiger partial charge < -0.3 is 14.4 Å². The first-order chi connectivity index (χ1) is 16.5. The van der Waals surface area contributed by atoms with Gasteiger partial charge in [-0.05, 0) is 45.2 Å². The van der Waals surface area contributed by atoms with Crippen LogP contribution in [0.2, 0.25) is 0 Å². The van der Waals surface area contributed by atoms with Crippen LogP contribution in [0.4, 0.5) is 0 Å². The van der Waals surface area contributed by atoms with Crippen molar-refractivity contribution in [2.45, 2.75) is 33.6 Å². The van der Waals surface area contributed by atoms with E-state index in [-0.39, 0.29) is 23.7 Å². The van der Waals surface area contributed by atoms with Gasteiger partial charge in [-0.1, -0.05) is 48.0 Å². The number of aromatic nitrogens is 2. The molecule has 1 fully saturated rings. The van der Waals surface area contributed by atoms with Gasteiger partial charge in [-0.15, -0.1) is 0 Å². The molecule has 34 heavy (non-hydrogen) atoms. The summed E-state index contributed by atoms with van der Waals surface area (Å²) < 4.78 is 11.3. The number of carbonyl (C=O) groups excluding carboxylic acids is 2. The minimum atomic E-state index is -0.207. The molecule has 0 bridgehead atoms. The van der Waals surface area contributed by atoms with Gasteiger partial charge in [0.2, 0.25) is 5.88 Å². The van der Waals surface area contributed by atoms with Crippen LogP contribution in [-0.2, 0) is 9.53 Å². The standard InChI is InChI=1S/C27H29N3O4/c1-4-33-27(32)21-12-14-30(15-13-21)26(31)22-17-28-24(20-8-6-5-7-9-20)29-25(22)34-23-11-10-18(2)16-19(23)3/h5-11,16-17,21H,4,12-15H2,1-3H3. The molecule has 176 valence electrons. The van der Waals surface area contributed by atoms with Crippen LogP contribution in [0.5, 0.6) is 11.6 Å². The number of carbonyl (C=O) groups is 2. The van der Waals surface area contributed by atoms with E-state index in [1.54, 1.807) is 11.8 Å². The zero-order valence-corrected chi connectivity index (χ0v) is 19.8. The van der Waals surface area contributed by atoms with E-state index in [0.29, 0.717) is 49.7 Å². The van der Waals surface area contributed by atoms with Gasteiger partial charge in [0, 0.05) is 24.8 Å². The Morgan fingerprint density at radius 3 is 2.47 bits per heavy atom. The summed E-state index contributed by atoms with van der Waals surface area (Å²) >= 11 is 0. The summed E-state index contributed by atoms with van der Waals surface area (Å²) in [5, 5.41) is 0. The fraction of sp³-hybridized carbons (Fsp3) is 0.333. The molecule has 0 N–H and O–H groups in total. The zero-order chi connectivity index (χ0) is 24.1. The van der Waals surface area contributed by atoms with Gasteiger partial charge in [0.1, 0.15) is 11.3 Å². The molecule has 1 aliphatic heterocycles. The summed E-state index contributed by atoms with van der Waals surface area (Å²) in [7, 11) is 0. The molecule has 1 saturated heterocycles. The minimum Gasteiger partial charge on any atom is -0.466 e. The predicted octanol–water partition coefficient (Wildman–Crippen LogP) is 4.97. The minimum absolute atomic E-state index is 0.174. The second-order valence-electron chi connectivity index (χ2n) is 8.47. The van der Waals surface area contributed by atoms with Crippen molar-refractivity contribution < 1.29 is 19.1 Å². The maximum Gasteiger partial charge on any atom is 0.309 e. The molecule has 0 spiro atoms. The first-order valence-electron chi connectivity index (χ1n) is 11.6. The number of rotatable bonds is 6. The number of ether oxygens (including phenoxy) is 2. The highest BCUT2D eigenvalue weighted by Crippen LogP contribution is 2.30. The second-order valence-corrected chi connectivity index (χ2v) is 8.47. The van der Waals surface area contributed by atoms with E-state index in [9.17, 15) is 9.59 Å². The second kappa shape index (κ2) is 10.5. The number of piperidine rings is 1. The summed E-state index contributed by atoms with van der Waals surface area (Å²) in [5.74, 6) is 0.770. The van der Waals surface area contributed by atoms with Crippen LogP contribution in [-0.4, -0.2) is 46.4 Å². The van der Waals surface area contributed by atoms with Gasteiger partial charge >= 0.3 is 5.97 Å². The Kier molecular flexibility index (Phi) is 7.21. The lowest BCUT2D eigenvalue weighted by Crippen LogP contribution is -2.40. The maximum absolute atomic E-state index is 13.4. The Morgan fingerprint density at radius 1 is 1.06 bits per heavy atom. The highest BCUT2D eigenvalue weighted by molar-refractivity contribution is 5.96. The number of likely N-dealkylation sites (tertiary alicyclic amines) is 1. The molecule has 0 unspecified atom stereocenters. The molecule has 1 amide bonds. The molecule has 7 heteroatoms. The third-order valence-electron chi connectivity index (χ3n) is 5.96. The third kappa shape index (κ3) is 5.25. The van der Waals surface area contributed by atoms with E-state index in [2.05, 4.69) is 9.97 Å². The van der Waals surface area contributed by atoms with E-state index in [1.807, 2.05) is 62.4 Å².